The van der Waals surface area contributed by atoms with Crippen molar-refractivity contribution in [1.29, 1.82) is 0 Å². The van der Waals surface area contributed by atoms with E-state index < -0.39 is 0 Å². The number of thioether (sulfide) groups is 1. The molecule has 1 aliphatic rings. The number of hydrogen-bond donors (Lipinski definition) is 1. The molecule has 1 aliphatic heterocycles. The lowest BCUT2D eigenvalue weighted by Gasteiger charge is -2.25. The Labute approximate surface area is 132 Å². The zero-order valence-electron chi connectivity index (χ0n) is 13.3. The average Bonchev–Trinajstić information content (AvgIpc) is 2.78. The molecule has 1 N–H and O–H groups in total. The summed E-state index contributed by atoms with van der Waals surface area (Å²) in [5.41, 5.74) is 2.48. The van der Waals surface area contributed by atoms with E-state index in [2.05, 4.69) is 49.7 Å². The van der Waals surface area contributed by atoms with Crippen LogP contribution in [0.5, 0.6) is 0 Å². The van der Waals surface area contributed by atoms with Gasteiger partial charge in [-0.3, -0.25) is 10.1 Å². The molecular formula is C17H26N2OS. The average molecular weight is 306 g/mol. The summed E-state index contributed by atoms with van der Waals surface area (Å²) >= 11 is 1.84. The Balaban J connectivity index is 2.19. The van der Waals surface area contributed by atoms with Gasteiger partial charge in [0.15, 0.2) is 0 Å². The summed E-state index contributed by atoms with van der Waals surface area (Å²) in [5.74, 6) is 1.37. The van der Waals surface area contributed by atoms with Gasteiger partial charge in [0.25, 0.3) is 0 Å². The lowest BCUT2D eigenvalue weighted by Crippen LogP contribution is -2.32. The largest absolute Gasteiger partial charge is 0.322 e. The number of aryl methyl sites for hydroxylation is 1. The van der Waals surface area contributed by atoms with Crippen LogP contribution in [0.4, 0.5) is 0 Å². The van der Waals surface area contributed by atoms with Crippen molar-refractivity contribution >= 4 is 17.7 Å². The van der Waals surface area contributed by atoms with Crippen LogP contribution >= 0.6 is 11.8 Å². The van der Waals surface area contributed by atoms with Crippen LogP contribution in [0.3, 0.4) is 0 Å². The Hall–Kier alpha value is -1.00. The maximum Gasteiger partial charge on any atom is 0.241 e. The minimum absolute atomic E-state index is 0.0196. The Morgan fingerprint density at radius 3 is 2.76 bits per heavy atom. The second-order valence-electron chi connectivity index (χ2n) is 5.65. The molecule has 1 aromatic carbocycles. The van der Waals surface area contributed by atoms with E-state index in [1.807, 2.05) is 16.7 Å². The number of rotatable bonds is 7. The molecule has 2 rings (SSSR count). The van der Waals surface area contributed by atoms with Gasteiger partial charge >= 0.3 is 0 Å². The monoisotopic (exact) mass is 306 g/mol. The second-order valence-corrected chi connectivity index (χ2v) is 6.63. The van der Waals surface area contributed by atoms with E-state index in [-0.39, 0.29) is 18.1 Å². The fourth-order valence-corrected chi connectivity index (χ4v) is 3.36. The van der Waals surface area contributed by atoms with Crippen LogP contribution in [0.2, 0.25) is 0 Å². The lowest BCUT2D eigenvalue weighted by molar-refractivity contribution is -0.130. The zero-order chi connectivity index (χ0) is 15.2. The predicted octanol–water partition coefficient (Wildman–Crippen LogP) is 3.35. The second kappa shape index (κ2) is 7.85. The molecule has 0 aliphatic carbocycles. The van der Waals surface area contributed by atoms with Gasteiger partial charge in [0.05, 0.1) is 6.04 Å². The van der Waals surface area contributed by atoms with E-state index in [0.717, 1.165) is 31.6 Å². The molecule has 4 heteroatoms. The first-order valence-corrected chi connectivity index (χ1v) is 9.19. The van der Waals surface area contributed by atoms with Crippen molar-refractivity contribution in [3.05, 3.63) is 35.4 Å². The van der Waals surface area contributed by atoms with Crippen LogP contribution in [0.1, 0.15) is 43.5 Å². The molecular weight excluding hydrogens is 280 g/mol. The molecule has 1 aromatic rings. The number of nitrogens with one attached hydrogen (secondary N) is 1. The maximum absolute atomic E-state index is 12.6. The topological polar surface area (TPSA) is 32.3 Å². The van der Waals surface area contributed by atoms with Crippen LogP contribution in [0.25, 0.3) is 0 Å². The van der Waals surface area contributed by atoms with Crippen molar-refractivity contribution < 1.29 is 4.79 Å². The highest BCUT2D eigenvalue weighted by atomic mass is 32.2. The van der Waals surface area contributed by atoms with Crippen LogP contribution in [0.15, 0.2) is 24.3 Å². The molecule has 1 amide bonds. The van der Waals surface area contributed by atoms with Gasteiger partial charge in [0.1, 0.15) is 6.17 Å². The summed E-state index contributed by atoms with van der Waals surface area (Å²) in [4.78, 5) is 14.7. The van der Waals surface area contributed by atoms with E-state index in [9.17, 15) is 4.79 Å². The third-order valence-electron chi connectivity index (χ3n) is 4.06. The Kier molecular flexibility index (Phi) is 6.12. The van der Waals surface area contributed by atoms with Crippen LogP contribution < -0.4 is 5.32 Å². The summed E-state index contributed by atoms with van der Waals surface area (Å²) in [6.07, 6.45) is 5.15. The van der Waals surface area contributed by atoms with Crippen LogP contribution in [-0.4, -0.2) is 35.4 Å². The quantitative estimate of drug-likeness (QED) is 0.784. The van der Waals surface area contributed by atoms with Crippen LogP contribution in [0, 0.1) is 6.92 Å². The van der Waals surface area contributed by atoms with Crippen molar-refractivity contribution in [2.24, 2.45) is 0 Å². The maximum atomic E-state index is 12.6. The first-order valence-electron chi connectivity index (χ1n) is 7.80. The highest BCUT2D eigenvalue weighted by Gasteiger charge is 2.38. The smallest absolute Gasteiger partial charge is 0.241 e. The summed E-state index contributed by atoms with van der Waals surface area (Å²) < 4.78 is 0. The first kappa shape index (κ1) is 16.4. The molecule has 0 spiro atoms. The van der Waals surface area contributed by atoms with E-state index in [1.54, 1.807) is 0 Å². The number of nitrogens with zero attached hydrogens (tertiary/aromatic N) is 1. The standard InChI is InChI=1S/C17H26N2OS/c1-4-8-15-17(20)19(11-7-12-21-3)16(18-15)14-10-6-5-9-13(14)2/h5-6,9-10,15-16,18H,4,7-8,11-12H2,1-3H3. The molecule has 2 unspecified atom stereocenters. The summed E-state index contributed by atoms with van der Waals surface area (Å²) in [6.45, 7) is 5.09. The molecule has 116 valence electrons. The van der Waals surface area contributed by atoms with E-state index >= 15 is 0 Å². The molecule has 1 fully saturated rings. The van der Waals surface area contributed by atoms with Crippen LogP contribution in [-0.2, 0) is 4.79 Å². The number of carbonyl (C=O) groups excluding carboxylic acids is 1. The molecule has 0 saturated carbocycles. The minimum Gasteiger partial charge on any atom is -0.322 e. The van der Waals surface area contributed by atoms with Gasteiger partial charge in [-0.1, -0.05) is 37.6 Å². The first-order chi connectivity index (χ1) is 10.2. The zero-order valence-corrected chi connectivity index (χ0v) is 14.1. The van der Waals surface area contributed by atoms with Gasteiger partial charge in [0, 0.05) is 6.54 Å². The predicted molar refractivity (Wildman–Crippen MR) is 90.5 cm³/mol. The van der Waals surface area contributed by atoms with Crippen molar-refractivity contribution in [1.82, 2.24) is 10.2 Å². The molecule has 1 heterocycles. The van der Waals surface area contributed by atoms with Gasteiger partial charge in [-0.25, -0.2) is 0 Å². The van der Waals surface area contributed by atoms with Gasteiger partial charge in [-0.2, -0.15) is 11.8 Å². The van der Waals surface area contributed by atoms with Crippen molar-refractivity contribution in [2.75, 3.05) is 18.6 Å². The number of amides is 1. The Morgan fingerprint density at radius 1 is 1.33 bits per heavy atom. The number of carbonyl (C=O) groups is 1. The lowest BCUT2D eigenvalue weighted by atomic mass is 10.1. The minimum atomic E-state index is -0.0196. The third kappa shape index (κ3) is 3.80. The SMILES string of the molecule is CCCC1NC(c2ccccc2C)N(CCCSC)C1=O. The molecule has 0 radical (unpaired) electrons. The fraction of sp³-hybridized carbons (Fsp3) is 0.588. The normalized spacial score (nSPS) is 22.0. The van der Waals surface area contributed by atoms with Crippen molar-refractivity contribution in [3.63, 3.8) is 0 Å². The Bertz CT molecular complexity index is 478. The highest BCUT2D eigenvalue weighted by Crippen LogP contribution is 2.29. The Morgan fingerprint density at radius 2 is 2.10 bits per heavy atom. The highest BCUT2D eigenvalue weighted by molar-refractivity contribution is 7.98. The van der Waals surface area contributed by atoms with Gasteiger partial charge in [-0.05, 0) is 42.9 Å². The summed E-state index contributed by atoms with van der Waals surface area (Å²) in [5, 5.41) is 3.55. The summed E-state index contributed by atoms with van der Waals surface area (Å²) in [6, 6.07) is 8.35. The molecule has 21 heavy (non-hydrogen) atoms. The number of benzene rings is 1. The summed E-state index contributed by atoms with van der Waals surface area (Å²) in [7, 11) is 0. The van der Waals surface area contributed by atoms with Crippen molar-refractivity contribution in [2.45, 2.75) is 45.3 Å². The number of hydrogen-bond acceptors (Lipinski definition) is 3. The third-order valence-corrected chi connectivity index (χ3v) is 4.76. The van der Waals surface area contributed by atoms with Gasteiger partial charge < -0.3 is 4.90 Å². The molecule has 3 nitrogen and oxygen atoms in total. The molecule has 1 saturated heterocycles. The fourth-order valence-electron chi connectivity index (χ4n) is 2.94. The van der Waals surface area contributed by atoms with E-state index in [1.165, 1.54) is 11.1 Å². The van der Waals surface area contributed by atoms with E-state index in [0.29, 0.717) is 0 Å². The molecule has 2 atom stereocenters. The van der Waals surface area contributed by atoms with Gasteiger partial charge in [-0.15, -0.1) is 0 Å². The van der Waals surface area contributed by atoms with E-state index in [4.69, 9.17) is 0 Å². The molecule has 0 aromatic heterocycles. The van der Waals surface area contributed by atoms with Gasteiger partial charge in [0.2, 0.25) is 5.91 Å². The molecule has 0 bridgehead atoms. The van der Waals surface area contributed by atoms with Crippen molar-refractivity contribution in [3.8, 4) is 0 Å².